The Morgan fingerprint density at radius 3 is 2.38 bits per heavy atom. The van der Waals surface area contributed by atoms with Crippen molar-refractivity contribution in [2.45, 2.75) is 6.42 Å². The number of carboxylic acids is 1. The third kappa shape index (κ3) is 7.39. The van der Waals surface area contributed by atoms with Crippen molar-refractivity contribution in [3.8, 4) is 0 Å². The molecule has 0 heterocycles. The lowest BCUT2D eigenvalue weighted by atomic mass is 10.2. The summed E-state index contributed by atoms with van der Waals surface area (Å²) in [5, 5.41) is 8.75. The van der Waals surface area contributed by atoms with Crippen LogP contribution in [-0.2, 0) is 14.3 Å². The summed E-state index contributed by atoms with van der Waals surface area (Å²) in [7, 11) is 3.27. The maximum atomic E-state index is 10.7. The van der Waals surface area contributed by atoms with Gasteiger partial charge in [-0.15, -0.1) is 0 Å². The van der Waals surface area contributed by atoms with Gasteiger partial charge in [-0.3, -0.25) is 4.90 Å². The summed E-state index contributed by atoms with van der Waals surface area (Å²) in [4.78, 5) is 12.7. The van der Waals surface area contributed by atoms with Gasteiger partial charge in [0.1, 0.15) is 0 Å². The van der Waals surface area contributed by atoms with Crippen molar-refractivity contribution in [1.29, 1.82) is 0 Å². The third-order valence-electron chi connectivity index (χ3n) is 2.15. The topological polar surface area (TPSA) is 59.0 Å². The number of nitrogens with zero attached hydrogens (tertiary/aromatic N) is 1. The van der Waals surface area contributed by atoms with Gasteiger partial charge in [0.15, 0.2) is 0 Å². The summed E-state index contributed by atoms with van der Waals surface area (Å²) in [6, 6.07) is 0. The van der Waals surface area contributed by atoms with Crippen molar-refractivity contribution in [3.63, 3.8) is 0 Å². The summed E-state index contributed by atoms with van der Waals surface area (Å²) in [5.74, 6) is -0.950. The van der Waals surface area contributed by atoms with Gasteiger partial charge < -0.3 is 14.6 Å². The zero-order chi connectivity index (χ0) is 12.4. The van der Waals surface area contributed by atoms with Crippen LogP contribution in [0.15, 0.2) is 12.2 Å². The lowest BCUT2D eigenvalue weighted by molar-refractivity contribution is -0.132. The lowest BCUT2D eigenvalue weighted by Crippen LogP contribution is -2.32. The summed E-state index contributed by atoms with van der Waals surface area (Å²) in [6.45, 7) is 6.62. The normalized spacial score (nSPS) is 10.7. The fraction of sp³-hybridized carbons (Fsp3) is 0.727. The Balaban J connectivity index is 3.98. The number of hydrogen-bond acceptors (Lipinski definition) is 4. The zero-order valence-corrected chi connectivity index (χ0v) is 10.1. The molecular formula is C11H21NO4. The van der Waals surface area contributed by atoms with E-state index < -0.39 is 5.97 Å². The highest BCUT2D eigenvalue weighted by Crippen LogP contribution is 1.99. The fourth-order valence-electron chi connectivity index (χ4n) is 1.26. The highest BCUT2D eigenvalue weighted by molar-refractivity contribution is 5.86. The van der Waals surface area contributed by atoms with Gasteiger partial charge in [-0.2, -0.15) is 0 Å². The van der Waals surface area contributed by atoms with Crippen LogP contribution >= 0.6 is 0 Å². The Kier molecular flexibility index (Phi) is 8.80. The number of carbonyl (C=O) groups is 1. The minimum Gasteiger partial charge on any atom is -0.478 e. The van der Waals surface area contributed by atoms with Gasteiger partial charge in [-0.1, -0.05) is 6.58 Å². The third-order valence-corrected chi connectivity index (χ3v) is 2.15. The second kappa shape index (κ2) is 9.33. The molecule has 5 heteroatoms. The van der Waals surface area contributed by atoms with E-state index in [1.807, 2.05) is 4.90 Å². The molecule has 0 aromatic rings. The maximum absolute atomic E-state index is 10.7. The first kappa shape index (κ1) is 15.1. The van der Waals surface area contributed by atoms with Crippen LogP contribution in [0, 0.1) is 0 Å². The second-order valence-corrected chi connectivity index (χ2v) is 3.52. The van der Waals surface area contributed by atoms with Gasteiger partial charge in [0.05, 0.1) is 6.61 Å². The van der Waals surface area contributed by atoms with Crippen LogP contribution in [-0.4, -0.2) is 63.0 Å². The lowest BCUT2D eigenvalue weighted by Gasteiger charge is -2.21. The van der Waals surface area contributed by atoms with E-state index in [9.17, 15) is 4.79 Å². The van der Waals surface area contributed by atoms with E-state index in [0.29, 0.717) is 26.3 Å². The Labute approximate surface area is 96.6 Å². The molecule has 0 aliphatic carbocycles. The SMILES string of the molecule is C=C(CN(CCCOC)CCOC)C(=O)O. The molecule has 0 spiro atoms. The van der Waals surface area contributed by atoms with Gasteiger partial charge in [-0.05, 0) is 6.42 Å². The van der Waals surface area contributed by atoms with Crippen molar-refractivity contribution in [1.82, 2.24) is 4.90 Å². The highest BCUT2D eigenvalue weighted by atomic mass is 16.5. The van der Waals surface area contributed by atoms with Crippen LogP contribution in [0.25, 0.3) is 0 Å². The van der Waals surface area contributed by atoms with Crippen molar-refractivity contribution >= 4 is 5.97 Å². The van der Waals surface area contributed by atoms with E-state index in [-0.39, 0.29) is 5.57 Å². The number of hydrogen-bond donors (Lipinski definition) is 1. The van der Waals surface area contributed by atoms with Gasteiger partial charge in [0.25, 0.3) is 0 Å². The molecule has 0 aromatic heterocycles. The molecule has 0 saturated carbocycles. The molecule has 16 heavy (non-hydrogen) atoms. The quantitative estimate of drug-likeness (QED) is 0.441. The standard InChI is InChI=1S/C11H21NO4/c1-10(11(13)14)9-12(6-8-16-3)5-4-7-15-2/h1,4-9H2,2-3H3,(H,13,14). The molecule has 0 unspecified atom stereocenters. The minimum atomic E-state index is -0.950. The Morgan fingerprint density at radius 1 is 1.25 bits per heavy atom. The highest BCUT2D eigenvalue weighted by Gasteiger charge is 2.10. The minimum absolute atomic E-state index is 0.202. The average Bonchev–Trinajstić information content (AvgIpc) is 2.25. The molecule has 1 N–H and O–H groups in total. The van der Waals surface area contributed by atoms with Gasteiger partial charge in [-0.25, -0.2) is 4.79 Å². The molecule has 0 radical (unpaired) electrons. The smallest absolute Gasteiger partial charge is 0.332 e. The van der Waals surface area contributed by atoms with Crippen LogP contribution in [0.3, 0.4) is 0 Å². The van der Waals surface area contributed by atoms with E-state index in [2.05, 4.69) is 6.58 Å². The first-order valence-corrected chi connectivity index (χ1v) is 5.23. The Hall–Kier alpha value is -0.910. The number of ether oxygens (including phenoxy) is 2. The molecule has 0 saturated heterocycles. The first-order valence-electron chi connectivity index (χ1n) is 5.23. The van der Waals surface area contributed by atoms with Crippen LogP contribution in [0.2, 0.25) is 0 Å². The molecule has 0 aliphatic rings. The molecular weight excluding hydrogens is 210 g/mol. The largest absolute Gasteiger partial charge is 0.478 e. The van der Waals surface area contributed by atoms with Gasteiger partial charge >= 0.3 is 5.97 Å². The molecule has 0 aromatic carbocycles. The summed E-state index contributed by atoms with van der Waals surface area (Å²) in [5.41, 5.74) is 0.202. The van der Waals surface area contributed by atoms with Crippen LogP contribution in [0.1, 0.15) is 6.42 Å². The predicted molar refractivity (Wildman–Crippen MR) is 61.6 cm³/mol. The monoisotopic (exact) mass is 231 g/mol. The van der Waals surface area contributed by atoms with Crippen LogP contribution in [0.5, 0.6) is 0 Å². The van der Waals surface area contributed by atoms with Gasteiger partial charge in [0, 0.05) is 46.0 Å². The van der Waals surface area contributed by atoms with Crippen LogP contribution in [0.4, 0.5) is 0 Å². The molecule has 0 aliphatic heterocycles. The van der Waals surface area contributed by atoms with E-state index in [4.69, 9.17) is 14.6 Å². The number of aliphatic carboxylic acids is 1. The molecule has 0 amide bonds. The fourth-order valence-corrected chi connectivity index (χ4v) is 1.26. The summed E-state index contributed by atoms with van der Waals surface area (Å²) >= 11 is 0. The molecule has 0 bridgehead atoms. The van der Waals surface area contributed by atoms with E-state index in [1.165, 1.54) is 0 Å². The first-order chi connectivity index (χ1) is 7.61. The molecule has 0 atom stereocenters. The molecule has 94 valence electrons. The summed E-state index contributed by atoms with van der Waals surface area (Å²) in [6.07, 6.45) is 0.868. The van der Waals surface area contributed by atoms with Crippen LogP contribution < -0.4 is 0 Å². The van der Waals surface area contributed by atoms with Crippen molar-refractivity contribution < 1.29 is 19.4 Å². The maximum Gasteiger partial charge on any atom is 0.332 e. The molecule has 0 fully saturated rings. The van der Waals surface area contributed by atoms with Gasteiger partial charge in [0.2, 0.25) is 0 Å². The predicted octanol–water partition coefficient (Wildman–Crippen LogP) is 0.612. The van der Waals surface area contributed by atoms with E-state index in [1.54, 1.807) is 14.2 Å². The summed E-state index contributed by atoms with van der Waals surface area (Å²) < 4.78 is 9.92. The second-order valence-electron chi connectivity index (χ2n) is 3.52. The molecule has 5 nitrogen and oxygen atoms in total. The van der Waals surface area contributed by atoms with Crippen molar-refractivity contribution in [2.24, 2.45) is 0 Å². The number of methoxy groups -OCH3 is 2. The average molecular weight is 231 g/mol. The number of carboxylic acid groups (broad SMARTS) is 1. The van der Waals surface area contributed by atoms with E-state index in [0.717, 1.165) is 13.0 Å². The Bertz CT molecular complexity index is 218. The number of rotatable bonds is 10. The van der Waals surface area contributed by atoms with Crippen molar-refractivity contribution in [3.05, 3.63) is 12.2 Å². The zero-order valence-electron chi connectivity index (χ0n) is 10.1. The Morgan fingerprint density at radius 2 is 1.88 bits per heavy atom. The van der Waals surface area contributed by atoms with Crippen molar-refractivity contribution in [2.75, 3.05) is 47.1 Å². The molecule has 0 rings (SSSR count). The van der Waals surface area contributed by atoms with E-state index >= 15 is 0 Å².